The Balaban J connectivity index is 1.94. The van der Waals surface area contributed by atoms with E-state index in [1.165, 1.54) is 17.2 Å². The topological polar surface area (TPSA) is 0 Å². The number of hydrogen-bond donors (Lipinski definition) is 0. The first-order chi connectivity index (χ1) is 9.56. The van der Waals surface area contributed by atoms with Crippen LogP contribution in [0.5, 0.6) is 0 Å². The summed E-state index contributed by atoms with van der Waals surface area (Å²) in [5, 5.41) is 0.505. The molecule has 3 heteroatoms. The number of benzene rings is 2. The summed E-state index contributed by atoms with van der Waals surface area (Å²) < 4.78 is 13.7. The lowest BCUT2D eigenvalue weighted by Gasteiger charge is -2.12. The molecule has 0 aliphatic heterocycles. The van der Waals surface area contributed by atoms with Gasteiger partial charge in [0, 0.05) is 15.4 Å². The highest BCUT2D eigenvalue weighted by atomic mass is 79.9. The van der Waals surface area contributed by atoms with Crippen LogP contribution < -0.4 is 0 Å². The van der Waals surface area contributed by atoms with Crippen molar-refractivity contribution in [3.05, 3.63) is 70.0 Å². The first-order valence-electron chi connectivity index (χ1n) is 6.69. The zero-order valence-electron chi connectivity index (χ0n) is 11.4. The highest BCUT2D eigenvalue weighted by Crippen LogP contribution is 2.24. The molecule has 0 nitrogen and oxygen atoms in total. The van der Waals surface area contributed by atoms with Crippen LogP contribution in [0.15, 0.2) is 42.5 Å². The van der Waals surface area contributed by atoms with E-state index in [9.17, 15) is 4.39 Å². The first-order valence-corrected chi connectivity index (χ1v) is 7.98. The largest absolute Gasteiger partial charge is 0.207 e. The van der Waals surface area contributed by atoms with E-state index in [0.717, 1.165) is 12.8 Å². The number of aryl methyl sites for hydroxylation is 2. The number of alkyl halides is 1. The van der Waals surface area contributed by atoms with E-state index in [-0.39, 0.29) is 10.6 Å². The Kier molecular flexibility index (Phi) is 5.62. The van der Waals surface area contributed by atoms with Crippen LogP contribution in [-0.4, -0.2) is 4.83 Å². The van der Waals surface area contributed by atoms with Gasteiger partial charge < -0.3 is 0 Å². The third kappa shape index (κ3) is 4.32. The van der Waals surface area contributed by atoms with Gasteiger partial charge in [-0.15, -0.1) is 0 Å². The van der Waals surface area contributed by atoms with E-state index in [0.29, 0.717) is 17.0 Å². The average molecular weight is 356 g/mol. The molecule has 0 heterocycles. The molecule has 20 heavy (non-hydrogen) atoms. The maximum atomic E-state index is 13.7. The van der Waals surface area contributed by atoms with Gasteiger partial charge in [0.05, 0.1) is 0 Å². The van der Waals surface area contributed by atoms with Crippen LogP contribution >= 0.6 is 27.5 Å². The van der Waals surface area contributed by atoms with Crippen molar-refractivity contribution in [1.29, 1.82) is 0 Å². The molecule has 0 saturated heterocycles. The minimum absolute atomic E-state index is 0.220. The Hall–Kier alpha value is -0.860. The van der Waals surface area contributed by atoms with E-state index >= 15 is 0 Å². The molecule has 0 aromatic heterocycles. The number of halogens is 3. The van der Waals surface area contributed by atoms with Crippen molar-refractivity contribution in [2.75, 3.05) is 0 Å². The molecular formula is C17H17BrClF. The van der Waals surface area contributed by atoms with Crippen molar-refractivity contribution >= 4 is 27.5 Å². The maximum Gasteiger partial charge on any atom is 0.127 e. The van der Waals surface area contributed by atoms with Crippen LogP contribution in [0.4, 0.5) is 4.39 Å². The fraction of sp³-hybridized carbons (Fsp3) is 0.294. The third-order valence-electron chi connectivity index (χ3n) is 3.32. The fourth-order valence-electron chi connectivity index (χ4n) is 2.24. The van der Waals surface area contributed by atoms with Crippen LogP contribution in [-0.2, 0) is 12.8 Å². The van der Waals surface area contributed by atoms with Crippen LogP contribution in [0, 0.1) is 12.7 Å². The van der Waals surface area contributed by atoms with Gasteiger partial charge in [-0.05, 0) is 43.9 Å². The van der Waals surface area contributed by atoms with E-state index in [2.05, 4.69) is 47.1 Å². The molecule has 2 rings (SSSR count). The normalized spacial score (nSPS) is 12.4. The van der Waals surface area contributed by atoms with E-state index in [1.807, 2.05) is 0 Å². The molecule has 0 saturated carbocycles. The Morgan fingerprint density at radius 1 is 1.20 bits per heavy atom. The van der Waals surface area contributed by atoms with Gasteiger partial charge in [-0.1, -0.05) is 63.4 Å². The van der Waals surface area contributed by atoms with E-state index in [4.69, 9.17) is 11.6 Å². The Labute approximate surface area is 133 Å². The van der Waals surface area contributed by atoms with Crippen LogP contribution in [0.1, 0.15) is 23.1 Å². The summed E-state index contributed by atoms with van der Waals surface area (Å²) in [5.41, 5.74) is 3.18. The van der Waals surface area contributed by atoms with E-state index in [1.54, 1.807) is 12.1 Å². The minimum atomic E-state index is -0.225. The molecule has 0 spiro atoms. The summed E-state index contributed by atoms with van der Waals surface area (Å²) in [7, 11) is 0. The molecule has 0 bridgehead atoms. The molecule has 0 radical (unpaired) electrons. The highest BCUT2D eigenvalue weighted by molar-refractivity contribution is 9.09. The summed E-state index contributed by atoms with van der Waals surface area (Å²) in [6.45, 7) is 2.09. The van der Waals surface area contributed by atoms with Crippen LogP contribution in [0.25, 0.3) is 0 Å². The van der Waals surface area contributed by atoms with Gasteiger partial charge in [0.25, 0.3) is 0 Å². The maximum absolute atomic E-state index is 13.7. The van der Waals surface area contributed by atoms with Gasteiger partial charge >= 0.3 is 0 Å². The van der Waals surface area contributed by atoms with Crippen molar-refractivity contribution < 1.29 is 4.39 Å². The molecule has 0 amide bonds. The predicted octanol–water partition coefficient (Wildman–Crippen LogP) is 5.73. The molecule has 106 valence electrons. The second-order valence-corrected chi connectivity index (χ2v) is 6.73. The molecule has 0 aliphatic rings. The first kappa shape index (κ1) is 15.5. The van der Waals surface area contributed by atoms with Crippen molar-refractivity contribution in [1.82, 2.24) is 0 Å². The van der Waals surface area contributed by atoms with Gasteiger partial charge in [0.1, 0.15) is 5.82 Å². The molecule has 2 aromatic carbocycles. The van der Waals surface area contributed by atoms with Gasteiger partial charge in [-0.3, -0.25) is 0 Å². The van der Waals surface area contributed by atoms with Crippen molar-refractivity contribution in [3.8, 4) is 0 Å². The number of rotatable bonds is 5. The average Bonchev–Trinajstić information content (AvgIpc) is 2.41. The minimum Gasteiger partial charge on any atom is -0.207 e. The Morgan fingerprint density at radius 2 is 1.95 bits per heavy atom. The van der Waals surface area contributed by atoms with Gasteiger partial charge in [0.15, 0.2) is 0 Å². The zero-order valence-corrected chi connectivity index (χ0v) is 13.7. The summed E-state index contributed by atoms with van der Waals surface area (Å²) in [6, 6.07) is 13.3. The monoisotopic (exact) mass is 354 g/mol. The molecule has 0 fully saturated rings. The summed E-state index contributed by atoms with van der Waals surface area (Å²) in [5.74, 6) is -0.225. The lowest BCUT2D eigenvalue weighted by molar-refractivity contribution is 0.603. The quantitative estimate of drug-likeness (QED) is 0.601. The SMILES string of the molecule is Cc1cccc(CCC(Br)Cc2c(F)cccc2Cl)c1. The Morgan fingerprint density at radius 3 is 2.65 bits per heavy atom. The molecule has 1 unspecified atom stereocenters. The lowest BCUT2D eigenvalue weighted by Crippen LogP contribution is -2.07. The van der Waals surface area contributed by atoms with E-state index < -0.39 is 0 Å². The predicted molar refractivity (Wildman–Crippen MR) is 87.3 cm³/mol. The van der Waals surface area contributed by atoms with Gasteiger partial charge in [-0.2, -0.15) is 0 Å². The third-order valence-corrected chi connectivity index (χ3v) is 4.45. The Bertz CT molecular complexity index is 563. The lowest BCUT2D eigenvalue weighted by atomic mass is 10.0. The molecule has 2 aromatic rings. The van der Waals surface area contributed by atoms with Crippen molar-refractivity contribution in [2.24, 2.45) is 0 Å². The van der Waals surface area contributed by atoms with Gasteiger partial charge in [-0.25, -0.2) is 4.39 Å². The summed E-state index contributed by atoms with van der Waals surface area (Å²) in [6.07, 6.45) is 2.54. The van der Waals surface area contributed by atoms with Crippen LogP contribution in [0.3, 0.4) is 0 Å². The molecule has 0 N–H and O–H groups in total. The van der Waals surface area contributed by atoms with Crippen molar-refractivity contribution in [2.45, 2.75) is 31.0 Å². The number of hydrogen-bond acceptors (Lipinski definition) is 0. The van der Waals surface area contributed by atoms with Crippen LogP contribution in [0.2, 0.25) is 5.02 Å². The van der Waals surface area contributed by atoms with Gasteiger partial charge in [0.2, 0.25) is 0 Å². The smallest absolute Gasteiger partial charge is 0.127 e. The standard InChI is InChI=1S/C17H17BrClF/c1-12-4-2-5-13(10-12)8-9-14(18)11-15-16(19)6-3-7-17(15)20/h2-7,10,14H,8-9,11H2,1H3. The molecular weight excluding hydrogens is 339 g/mol. The fourth-order valence-corrected chi connectivity index (χ4v) is 3.03. The molecule has 0 aliphatic carbocycles. The molecule has 1 atom stereocenters. The highest BCUT2D eigenvalue weighted by Gasteiger charge is 2.12. The second-order valence-electron chi connectivity index (χ2n) is 5.03. The summed E-state index contributed by atoms with van der Waals surface area (Å²) in [4.78, 5) is 0.220. The zero-order chi connectivity index (χ0) is 14.5. The summed E-state index contributed by atoms with van der Waals surface area (Å²) >= 11 is 9.68. The van der Waals surface area contributed by atoms with Crippen molar-refractivity contribution in [3.63, 3.8) is 0 Å². The second kappa shape index (κ2) is 7.24.